The van der Waals surface area contributed by atoms with Crippen molar-refractivity contribution in [2.24, 2.45) is 4.99 Å². The Morgan fingerprint density at radius 2 is 1.61 bits per heavy atom. The molecule has 0 heterocycles. The largest absolute Gasteiger partial charge is 0.497 e. The third-order valence-electron chi connectivity index (χ3n) is 2.90. The van der Waals surface area contributed by atoms with Crippen LogP contribution >= 0.6 is 0 Å². The predicted molar refractivity (Wildman–Crippen MR) is 78.1 cm³/mol. The molecule has 0 atom stereocenters. The number of nitrogens with one attached hydrogen (secondary N) is 1. The molecule has 0 unspecified atom stereocenters. The van der Waals surface area contributed by atoms with E-state index in [0.717, 1.165) is 22.6 Å². The van der Waals surface area contributed by atoms with Crippen LogP contribution in [-0.4, -0.2) is 19.5 Å². The minimum atomic E-state index is 0.371. The third kappa shape index (κ3) is 3.19. The average molecular weight is 246 g/mol. The Labute approximate surface area is 109 Å². The minimum absolute atomic E-state index is 0.371. The van der Waals surface area contributed by atoms with Crippen molar-refractivity contribution >= 4 is 18.1 Å². The van der Waals surface area contributed by atoms with E-state index < -0.39 is 0 Å². The Hall–Kier alpha value is -1.64. The van der Waals surface area contributed by atoms with Crippen LogP contribution in [0.3, 0.4) is 0 Å². The summed E-state index contributed by atoms with van der Waals surface area (Å²) in [6.45, 7) is 8.56. The van der Waals surface area contributed by atoms with Gasteiger partial charge in [-0.1, -0.05) is 27.7 Å². The first-order chi connectivity index (χ1) is 8.51. The van der Waals surface area contributed by atoms with E-state index in [1.54, 1.807) is 7.11 Å². The second kappa shape index (κ2) is 6.34. The van der Waals surface area contributed by atoms with Gasteiger partial charge in [0.2, 0.25) is 0 Å². The van der Waals surface area contributed by atoms with Gasteiger partial charge in [-0.05, 0) is 35.1 Å². The summed E-state index contributed by atoms with van der Waals surface area (Å²) in [4.78, 5) is 4.42. The molecule has 1 aromatic carbocycles. The number of benzene rings is 1. The summed E-state index contributed by atoms with van der Waals surface area (Å²) in [5.41, 5.74) is 3.30. The molecule has 0 saturated heterocycles. The van der Waals surface area contributed by atoms with Crippen LogP contribution in [0.4, 0.5) is 5.69 Å². The lowest BCUT2D eigenvalue weighted by Gasteiger charge is -2.18. The highest BCUT2D eigenvalue weighted by atomic mass is 16.5. The molecule has 0 aliphatic carbocycles. The first-order valence-corrected chi connectivity index (χ1v) is 6.26. The van der Waals surface area contributed by atoms with Crippen molar-refractivity contribution in [1.29, 1.82) is 5.41 Å². The zero-order valence-corrected chi connectivity index (χ0v) is 11.8. The third-order valence-corrected chi connectivity index (χ3v) is 2.90. The average Bonchev–Trinajstić information content (AvgIpc) is 2.34. The number of methoxy groups -OCH3 is 1. The molecular formula is C15H22N2O. The first-order valence-electron chi connectivity index (χ1n) is 6.26. The normalized spacial score (nSPS) is 11.5. The Morgan fingerprint density at radius 1 is 1.11 bits per heavy atom. The molecule has 0 bridgehead atoms. The van der Waals surface area contributed by atoms with Crippen LogP contribution in [0.1, 0.15) is 50.7 Å². The van der Waals surface area contributed by atoms with E-state index >= 15 is 0 Å². The van der Waals surface area contributed by atoms with E-state index in [0.29, 0.717) is 11.8 Å². The van der Waals surface area contributed by atoms with Gasteiger partial charge < -0.3 is 10.1 Å². The second-order valence-corrected chi connectivity index (χ2v) is 4.91. The fraction of sp³-hybridized carbons (Fsp3) is 0.467. The summed E-state index contributed by atoms with van der Waals surface area (Å²) in [6.07, 6.45) is 2.73. The lowest BCUT2D eigenvalue weighted by Crippen LogP contribution is -1.98. The molecule has 3 heteroatoms. The molecule has 0 fully saturated rings. The van der Waals surface area contributed by atoms with E-state index in [1.165, 1.54) is 12.4 Å². The highest BCUT2D eigenvalue weighted by molar-refractivity contribution is 6.15. The van der Waals surface area contributed by atoms with Gasteiger partial charge in [0.05, 0.1) is 12.8 Å². The van der Waals surface area contributed by atoms with Crippen molar-refractivity contribution in [2.45, 2.75) is 39.5 Å². The summed E-state index contributed by atoms with van der Waals surface area (Å²) in [5, 5.41) is 7.09. The summed E-state index contributed by atoms with van der Waals surface area (Å²) in [7, 11) is 1.68. The maximum atomic E-state index is 7.09. The molecular weight excluding hydrogens is 224 g/mol. The van der Waals surface area contributed by atoms with Crippen LogP contribution in [0.5, 0.6) is 5.75 Å². The number of ether oxygens (including phenoxy) is 1. The monoisotopic (exact) mass is 246 g/mol. The van der Waals surface area contributed by atoms with Crippen molar-refractivity contribution in [3.8, 4) is 5.75 Å². The number of rotatable bonds is 5. The topological polar surface area (TPSA) is 45.4 Å². The highest BCUT2D eigenvalue weighted by Gasteiger charge is 2.15. The molecule has 0 spiro atoms. The van der Waals surface area contributed by atoms with E-state index in [2.05, 4.69) is 32.7 Å². The van der Waals surface area contributed by atoms with Gasteiger partial charge in [-0.15, -0.1) is 0 Å². The molecule has 18 heavy (non-hydrogen) atoms. The Balaban J connectivity index is 3.49. The Morgan fingerprint density at radius 3 is 1.94 bits per heavy atom. The van der Waals surface area contributed by atoms with Gasteiger partial charge in [-0.2, -0.15) is 0 Å². The zero-order valence-electron chi connectivity index (χ0n) is 11.8. The predicted octanol–water partition coefficient (Wildman–Crippen LogP) is 4.29. The van der Waals surface area contributed by atoms with E-state index in [9.17, 15) is 0 Å². The lowest BCUT2D eigenvalue weighted by molar-refractivity contribution is 0.413. The number of hydrogen-bond acceptors (Lipinski definition) is 3. The molecule has 3 nitrogen and oxygen atoms in total. The van der Waals surface area contributed by atoms with E-state index in [4.69, 9.17) is 10.1 Å². The summed E-state index contributed by atoms with van der Waals surface area (Å²) in [6, 6.07) is 4.07. The second-order valence-electron chi connectivity index (χ2n) is 4.91. The van der Waals surface area contributed by atoms with Gasteiger partial charge in [0.1, 0.15) is 5.75 Å². The van der Waals surface area contributed by atoms with Crippen LogP contribution in [0, 0.1) is 5.41 Å². The summed E-state index contributed by atoms with van der Waals surface area (Å²) < 4.78 is 5.36. The smallest absolute Gasteiger partial charge is 0.119 e. The van der Waals surface area contributed by atoms with Crippen molar-refractivity contribution in [1.82, 2.24) is 0 Å². The minimum Gasteiger partial charge on any atom is -0.497 e. The number of nitrogens with zero attached hydrogens (tertiary/aromatic N) is 1. The molecule has 0 radical (unpaired) electrons. The van der Waals surface area contributed by atoms with E-state index in [1.807, 2.05) is 12.1 Å². The maximum Gasteiger partial charge on any atom is 0.119 e. The molecule has 1 rings (SSSR count). The molecule has 98 valence electrons. The quantitative estimate of drug-likeness (QED) is 0.774. The fourth-order valence-corrected chi connectivity index (χ4v) is 1.91. The van der Waals surface area contributed by atoms with Crippen molar-refractivity contribution in [3.63, 3.8) is 0 Å². The molecule has 0 aliphatic heterocycles. The maximum absolute atomic E-state index is 7.09. The highest BCUT2D eigenvalue weighted by Crippen LogP contribution is 2.38. The summed E-state index contributed by atoms with van der Waals surface area (Å²) >= 11 is 0. The van der Waals surface area contributed by atoms with Gasteiger partial charge in [-0.3, -0.25) is 4.99 Å². The van der Waals surface area contributed by atoms with Crippen molar-refractivity contribution < 1.29 is 4.74 Å². The number of hydrogen-bond donors (Lipinski definition) is 1. The Bertz CT molecular complexity index is 419. The van der Waals surface area contributed by atoms with Gasteiger partial charge in [0, 0.05) is 12.4 Å². The fourth-order valence-electron chi connectivity index (χ4n) is 1.91. The van der Waals surface area contributed by atoms with Gasteiger partial charge in [-0.25, -0.2) is 0 Å². The zero-order chi connectivity index (χ0) is 13.7. The van der Waals surface area contributed by atoms with Crippen LogP contribution in [0.2, 0.25) is 0 Å². The van der Waals surface area contributed by atoms with Gasteiger partial charge >= 0.3 is 0 Å². The van der Waals surface area contributed by atoms with Gasteiger partial charge in [0.25, 0.3) is 0 Å². The van der Waals surface area contributed by atoms with Crippen LogP contribution in [0.15, 0.2) is 17.1 Å². The summed E-state index contributed by atoms with van der Waals surface area (Å²) in [5.74, 6) is 1.61. The molecule has 1 N–H and O–H groups in total. The molecule has 0 aliphatic rings. The lowest BCUT2D eigenvalue weighted by atomic mass is 9.92. The number of aliphatic imine (C=N–C) groups is 1. The van der Waals surface area contributed by atoms with Crippen LogP contribution in [-0.2, 0) is 0 Å². The molecule has 0 amide bonds. The standard InChI is InChI=1S/C15H22N2O/c1-10(2)13-8-12(18-5)9-14(11(3)4)15(13)17-7-6-16/h6-11,16H,1-5H3. The first kappa shape index (κ1) is 14.4. The van der Waals surface area contributed by atoms with E-state index in [-0.39, 0.29) is 0 Å². The van der Waals surface area contributed by atoms with Crippen LogP contribution in [0.25, 0.3) is 0 Å². The van der Waals surface area contributed by atoms with Crippen LogP contribution < -0.4 is 4.74 Å². The molecule has 0 saturated carbocycles. The Kier molecular flexibility index (Phi) is 5.08. The molecule has 0 aromatic heterocycles. The van der Waals surface area contributed by atoms with Crippen molar-refractivity contribution in [2.75, 3.05) is 7.11 Å². The van der Waals surface area contributed by atoms with Gasteiger partial charge in [0.15, 0.2) is 0 Å². The van der Waals surface area contributed by atoms with Crippen molar-refractivity contribution in [3.05, 3.63) is 23.3 Å². The molecule has 1 aromatic rings. The SMILES string of the molecule is COc1cc(C(C)C)c(N=CC=N)c(C(C)C)c1.